The third kappa shape index (κ3) is 5.31. The highest BCUT2D eigenvalue weighted by Gasteiger charge is 2.31. The summed E-state index contributed by atoms with van der Waals surface area (Å²) in [5.41, 5.74) is 2.67. The molecule has 1 aliphatic rings. The van der Waals surface area contributed by atoms with Gasteiger partial charge in [0.15, 0.2) is 0 Å². The molecule has 3 aromatic carbocycles. The van der Waals surface area contributed by atoms with Crippen LogP contribution in [0.4, 0.5) is 0 Å². The number of rotatable bonds is 7. The van der Waals surface area contributed by atoms with Crippen LogP contribution in [0.5, 0.6) is 0 Å². The van der Waals surface area contributed by atoms with Gasteiger partial charge in [-0.3, -0.25) is 0 Å². The van der Waals surface area contributed by atoms with E-state index in [4.69, 9.17) is 11.6 Å². The molecule has 3 aromatic rings. The van der Waals surface area contributed by atoms with Crippen LogP contribution in [-0.4, -0.2) is 29.6 Å². The normalized spacial score (nSPS) is 17.5. The summed E-state index contributed by atoms with van der Waals surface area (Å²) in [5, 5.41) is 12.4. The molecular formula is C27H30ClNO. The van der Waals surface area contributed by atoms with Gasteiger partial charge >= 0.3 is 0 Å². The van der Waals surface area contributed by atoms with E-state index in [1.54, 1.807) is 0 Å². The van der Waals surface area contributed by atoms with Gasteiger partial charge in [0.2, 0.25) is 0 Å². The maximum Gasteiger partial charge on any atom is 0.0948 e. The summed E-state index contributed by atoms with van der Waals surface area (Å²) >= 11 is 6.05. The Labute approximate surface area is 185 Å². The lowest BCUT2D eigenvalue weighted by Gasteiger charge is -2.36. The van der Waals surface area contributed by atoms with Crippen LogP contribution in [0.2, 0.25) is 5.02 Å². The highest BCUT2D eigenvalue weighted by atomic mass is 35.5. The molecule has 1 unspecified atom stereocenters. The van der Waals surface area contributed by atoms with Crippen LogP contribution < -0.4 is 0 Å². The topological polar surface area (TPSA) is 23.5 Å². The van der Waals surface area contributed by atoms with Crippen molar-refractivity contribution in [1.29, 1.82) is 0 Å². The average Bonchev–Trinajstić information content (AvgIpc) is 2.81. The summed E-state index contributed by atoms with van der Waals surface area (Å²) in [6.07, 6.45) is 3.68. The number of hydrogen-bond acceptors (Lipinski definition) is 2. The SMILES string of the molecule is OC(CCN1CCC(c2ccccc2)CC1)(Cc1ccc(Cl)cc1)c1ccccc1. The van der Waals surface area contributed by atoms with E-state index in [1.165, 1.54) is 18.4 Å². The van der Waals surface area contributed by atoms with Crippen molar-refractivity contribution in [2.45, 2.75) is 37.2 Å². The van der Waals surface area contributed by atoms with Crippen molar-refractivity contribution in [3.05, 3.63) is 107 Å². The Bertz CT molecular complexity index is 905. The molecule has 1 heterocycles. The van der Waals surface area contributed by atoms with E-state index >= 15 is 0 Å². The molecule has 1 fully saturated rings. The van der Waals surface area contributed by atoms with Crippen LogP contribution in [0, 0.1) is 0 Å². The van der Waals surface area contributed by atoms with Gasteiger partial charge in [-0.25, -0.2) is 0 Å². The van der Waals surface area contributed by atoms with Crippen molar-refractivity contribution in [1.82, 2.24) is 4.90 Å². The number of nitrogens with zero attached hydrogens (tertiary/aromatic N) is 1. The lowest BCUT2D eigenvalue weighted by Crippen LogP contribution is -2.38. The van der Waals surface area contributed by atoms with E-state index in [9.17, 15) is 5.11 Å². The molecular weight excluding hydrogens is 390 g/mol. The Morgan fingerprint density at radius 2 is 1.43 bits per heavy atom. The first kappa shape index (κ1) is 21.1. The predicted molar refractivity (Wildman–Crippen MR) is 125 cm³/mol. The van der Waals surface area contributed by atoms with Crippen LogP contribution in [0.3, 0.4) is 0 Å². The highest BCUT2D eigenvalue weighted by molar-refractivity contribution is 6.30. The molecule has 0 spiro atoms. The molecule has 1 saturated heterocycles. The minimum absolute atomic E-state index is 0.592. The summed E-state index contributed by atoms with van der Waals surface area (Å²) in [6.45, 7) is 3.08. The van der Waals surface area contributed by atoms with E-state index in [0.29, 0.717) is 12.3 Å². The minimum Gasteiger partial charge on any atom is -0.385 e. The molecule has 0 bridgehead atoms. The molecule has 0 saturated carbocycles. The zero-order valence-corrected chi connectivity index (χ0v) is 18.1. The van der Waals surface area contributed by atoms with Crippen LogP contribution in [-0.2, 0) is 12.0 Å². The van der Waals surface area contributed by atoms with Crippen LogP contribution in [0.1, 0.15) is 41.9 Å². The van der Waals surface area contributed by atoms with Crippen molar-refractivity contribution in [3.63, 3.8) is 0 Å². The van der Waals surface area contributed by atoms with Crippen molar-refractivity contribution in [2.75, 3.05) is 19.6 Å². The fourth-order valence-corrected chi connectivity index (χ4v) is 4.71. The smallest absolute Gasteiger partial charge is 0.0948 e. The summed E-state index contributed by atoms with van der Waals surface area (Å²) in [6, 6.07) is 28.8. The zero-order valence-electron chi connectivity index (χ0n) is 17.4. The summed E-state index contributed by atoms with van der Waals surface area (Å²) < 4.78 is 0. The first-order valence-electron chi connectivity index (χ1n) is 10.9. The maximum absolute atomic E-state index is 11.7. The molecule has 0 aromatic heterocycles. The maximum atomic E-state index is 11.7. The first-order valence-corrected chi connectivity index (χ1v) is 11.3. The van der Waals surface area contributed by atoms with Crippen molar-refractivity contribution >= 4 is 11.6 Å². The van der Waals surface area contributed by atoms with Gasteiger partial charge in [0.25, 0.3) is 0 Å². The minimum atomic E-state index is -0.884. The van der Waals surface area contributed by atoms with E-state index in [0.717, 1.165) is 42.2 Å². The van der Waals surface area contributed by atoms with Crippen molar-refractivity contribution in [2.24, 2.45) is 0 Å². The second kappa shape index (κ2) is 9.78. The molecule has 0 amide bonds. The average molecular weight is 420 g/mol. The number of hydrogen-bond donors (Lipinski definition) is 1. The third-order valence-electron chi connectivity index (χ3n) is 6.42. The van der Waals surface area contributed by atoms with Gasteiger partial charge in [-0.05, 0) is 67.1 Å². The number of piperidine rings is 1. The van der Waals surface area contributed by atoms with Gasteiger partial charge < -0.3 is 10.0 Å². The number of halogens is 1. The zero-order chi connectivity index (χ0) is 20.8. The summed E-state index contributed by atoms with van der Waals surface area (Å²) in [4.78, 5) is 2.51. The van der Waals surface area contributed by atoms with Gasteiger partial charge in [0.05, 0.1) is 5.60 Å². The molecule has 30 heavy (non-hydrogen) atoms. The lowest BCUT2D eigenvalue weighted by molar-refractivity contribution is 0.0149. The molecule has 1 N–H and O–H groups in total. The van der Waals surface area contributed by atoms with Crippen LogP contribution in [0.15, 0.2) is 84.9 Å². The van der Waals surface area contributed by atoms with Crippen molar-refractivity contribution in [3.8, 4) is 0 Å². The van der Waals surface area contributed by atoms with E-state index < -0.39 is 5.60 Å². The summed E-state index contributed by atoms with van der Waals surface area (Å²) in [5.74, 6) is 0.657. The molecule has 4 rings (SSSR count). The quantitative estimate of drug-likeness (QED) is 0.504. The second-order valence-electron chi connectivity index (χ2n) is 8.48. The second-order valence-corrected chi connectivity index (χ2v) is 8.91. The Hall–Kier alpha value is -2.13. The Morgan fingerprint density at radius 1 is 0.833 bits per heavy atom. The molecule has 0 aliphatic carbocycles. The fourth-order valence-electron chi connectivity index (χ4n) is 4.58. The Kier molecular flexibility index (Phi) is 6.89. The molecule has 156 valence electrons. The van der Waals surface area contributed by atoms with Gasteiger partial charge in [0, 0.05) is 18.0 Å². The monoisotopic (exact) mass is 419 g/mol. The molecule has 1 aliphatic heterocycles. The highest BCUT2D eigenvalue weighted by Crippen LogP contribution is 2.32. The van der Waals surface area contributed by atoms with Gasteiger partial charge in [-0.15, -0.1) is 0 Å². The van der Waals surface area contributed by atoms with E-state index in [-0.39, 0.29) is 0 Å². The molecule has 0 radical (unpaired) electrons. The van der Waals surface area contributed by atoms with Crippen LogP contribution >= 0.6 is 11.6 Å². The summed E-state index contributed by atoms with van der Waals surface area (Å²) in [7, 11) is 0. The van der Waals surface area contributed by atoms with Crippen molar-refractivity contribution < 1.29 is 5.11 Å². The Morgan fingerprint density at radius 3 is 2.07 bits per heavy atom. The number of aliphatic hydroxyl groups is 1. The Balaban J connectivity index is 1.41. The van der Waals surface area contributed by atoms with Gasteiger partial charge in [-0.2, -0.15) is 0 Å². The van der Waals surface area contributed by atoms with Gasteiger partial charge in [0.1, 0.15) is 0 Å². The molecule has 3 heteroatoms. The van der Waals surface area contributed by atoms with E-state index in [1.807, 2.05) is 54.6 Å². The van der Waals surface area contributed by atoms with Gasteiger partial charge in [-0.1, -0.05) is 84.4 Å². The fraction of sp³-hybridized carbons (Fsp3) is 0.333. The first-order chi connectivity index (χ1) is 14.6. The molecule has 1 atom stereocenters. The third-order valence-corrected chi connectivity index (χ3v) is 6.67. The molecule has 2 nitrogen and oxygen atoms in total. The predicted octanol–water partition coefficient (Wildman–Crippen LogP) is 6.04. The number of likely N-dealkylation sites (tertiary alicyclic amines) is 1. The standard InChI is InChI=1S/C27H30ClNO/c28-26-13-11-22(12-14-26)21-27(30,25-9-5-2-6-10-25)17-20-29-18-15-24(16-19-29)23-7-3-1-4-8-23/h1-14,24,30H,15-21H2. The van der Waals surface area contributed by atoms with E-state index in [2.05, 4.69) is 35.2 Å². The van der Waals surface area contributed by atoms with Crippen LogP contribution in [0.25, 0.3) is 0 Å². The lowest BCUT2D eigenvalue weighted by atomic mass is 9.83. The number of benzene rings is 3. The largest absolute Gasteiger partial charge is 0.385 e.